The van der Waals surface area contributed by atoms with Crippen LogP contribution in [0.5, 0.6) is 5.75 Å². The van der Waals surface area contributed by atoms with Crippen molar-refractivity contribution in [3.63, 3.8) is 0 Å². The lowest BCUT2D eigenvalue weighted by Crippen LogP contribution is -2.55. The van der Waals surface area contributed by atoms with E-state index in [1.54, 1.807) is 7.11 Å². The summed E-state index contributed by atoms with van der Waals surface area (Å²) < 4.78 is 10.8. The van der Waals surface area contributed by atoms with E-state index in [-0.39, 0.29) is 17.9 Å². The molecule has 1 aromatic carbocycles. The molecule has 6 heteroatoms. The van der Waals surface area contributed by atoms with Gasteiger partial charge in [0.1, 0.15) is 11.2 Å². The molecule has 1 saturated carbocycles. The zero-order valence-electron chi connectivity index (χ0n) is 16.0. The first-order valence-corrected chi connectivity index (χ1v) is 9.71. The molecule has 0 amide bonds. The molecule has 27 heavy (non-hydrogen) atoms. The Kier molecular flexibility index (Phi) is 3.62. The average molecular weight is 370 g/mol. The van der Waals surface area contributed by atoms with E-state index in [1.165, 1.54) is 12.7 Å². The third-order valence-corrected chi connectivity index (χ3v) is 7.18. The number of piperidine rings is 1. The topological polar surface area (TPSA) is 74.8 Å². The standard InChI is InChI=1S/C21H26N2O4/c1-11(24)17-12-9-21(20(25)27-3)18-14(6-7-23(10-12)19(17)21)15-8-13(26-2)4-5-16(15)22-18/h4-5,8,11-12,17,19,22,24H,6-7,9-10H2,1-3H3. The van der Waals surface area contributed by atoms with Crippen LogP contribution >= 0.6 is 0 Å². The number of nitrogens with one attached hydrogen (secondary N) is 1. The molecule has 2 fully saturated rings. The highest BCUT2D eigenvalue weighted by molar-refractivity contribution is 5.92. The maximum atomic E-state index is 13.2. The van der Waals surface area contributed by atoms with E-state index in [2.05, 4.69) is 16.0 Å². The molecule has 2 aliphatic heterocycles. The molecule has 3 heterocycles. The highest BCUT2D eigenvalue weighted by Gasteiger charge is 2.68. The van der Waals surface area contributed by atoms with E-state index in [4.69, 9.17) is 9.47 Å². The molecule has 5 unspecified atom stereocenters. The van der Waals surface area contributed by atoms with E-state index in [1.807, 2.05) is 19.1 Å². The van der Waals surface area contributed by atoms with Crippen molar-refractivity contribution in [3.8, 4) is 5.75 Å². The van der Waals surface area contributed by atoms with Gasteiger partial charge in [-0.25, -0.2) is 0 Å². The van der Waals surface area contributed by atoms with Crippen LogP contribution in [0, 0.1) is 11.8 Å². The largest absolute Gasteiger partial charge is 0.497 e. The molecular formula is C21H26N2O4. The van der Waals surface area contributed by atoms with Gasteiger partial charge in [-0.05, 0) is 49.4 Å². The summed E-state index contributed by atoms with van der Waals surface area (Å²) in [7, 11) is 3.14. The SMILES string of the molecule is COC(=O)C12CC3CN(CCc4c1[nH]c1ccc(OC)cc41)C2C3C(C)O. The van der Waals surface area contributed by atoms with Crippen LogP contribution < -0.4 is 4.74 Å². The lowest BCUT2D eigenvalue weighted by atomic mass is 9.74. The smallest absolute Gasteiger partial charge is 0.319 e. The van der Waals surface area contributed by atoms with Gasteiger partial charge in [-0.1, -0.05) is 0 Å². The summed E-state index contributed by atoms with van der Waals surface area (Å²) >= 11 is 0. The predicted octanol–water partition coefficient (Wildman–Crippen LogP) is 1.84. The lowest BCUT2D eigenvalue weighted by molar-refractivity contribution is -0.151. The molecule has 0 radical (unpaired) electrons. The van der Waals surface area contributed by atoms with Gasteiger partial charge in [0.05, 0.1) is 20.3 Å². The summed E-state index contributed by atoms with van der Waals surface area (Å²) in [6.45, 7) is 3.70. The molecule has 0 spiro atoms. The van der Waals surface area contributed by atoms with Crippen molar-refractivity contribution in [2.45, 2.75) is 37.3 Å². The first kappa shape index (κ1) is 17.1. The number of fused-ring (bicyclic) bond motifs is 5. The van der Waals surface area contributed by atoms with Crippen LogP contribution in [0.15, 0.2) is 18.2 Å². The second-order valence-electron chi connectivity index (χ2n) is 8.32. The number of benzene rings is 1. The Morgan fingerprint density at radius 1 is 1.41 bits per heavy atom. The summed E-state index contributed by atoms with van der Waals surface area (Å²) in [6.07, 6.45) is 1.16. The first-order valence-electron chi connectivity index (χ1n) is 9.71. The number of aromatic amines is 1. The second-order valence-corrected chi connectivity index (χ2v) is 8.32. The van der Waals surface area contributed by atoms with Gasteiger partial charge in [-0.15, -0.1) is 0 Å². The number of carbonyl (C=O) groups is 1. The molecule has 2 aromatic rings. The molecule has 2 bridgehead atoms. The van der Waals surface area contributed by atoms with E-state index in [0.29, 0.717) is 5.92 Å². The van der Waals surface area contributed by atoms with Gasteiger partial charge in [0.2, 0.25) is 0 Å². The van der Waals surface area contributed by atoms with Gasteiger partial charge in [-0.2, -0.15) is 0 Å². The maximum absolute atomic E-state index is 13.2. The van der Waals surface area contributed by atoms with Crippen molar-refractivity contribution in [1.29, 1.82) is 0 Å². The summed E-state index contributed by atoms with van der Waals surface area (Å²) in [5.74, 6) is 1.03. The van der Waals surface area contributed by atoms with Crippen molar-refractivity contribution in [2.24, 2.45) is 11.8 Å². The molecule has 6 nitrogen and oxygen atoms in total. The number of nitrogens with zero attached hydrogens (tertiary/aromatic N) is 1. The molecule has 3 aliphatic rings. The number of H-pyrrole nitrogens is 1. The lowest BCUT2D eigenvalue weighted by Gasteiger charge is -2.40. The number of aliphatic hydroxyl groups is 1. The maximum Gasteiger partial charge on any atom is 0.319 e. The van der Waals surface area contributed by atoms with Gasteiger partial charge in [0.25, 0.3) is 0 Å². The number of esters is 1. The van der Waals surface area contributed by atoms with Crippen molar-refractivity contribution in [2.75, 3.05) is 27.3 Å². The third-order valence-electron chi connectivity index (χ3n) is 7.18. The minimum Gasteiger partial charge on any atom is -0.497 e. The fraction of sp³-hybridized carbons (Fsp3) is 0.571. The molecule has 5 rings (SSSR count). The molecule has 144 valence electrons. The van der Waals surface area contributed by atoms with Crippen LogP contribution in [0.4, 0.5) is 0 Å². The van der Waals surface area contributed by atoms with Crippen LogP contribution in [0.2, 0.25) is 0 Å². The third kappa shape index (κ3) is 2.05. The van der Waals surface area contributed by atoms with Crippen LogP contribution in [0.3, 0.4) is 0 Å². The summed E-state index contributed by atoms with van der Waals surface area (Å²) in [5.41, 5.74) is 2.46. The Morgan fingerprint density at radius 2 is 2.22 bits per heavy atom. The Hall–Kier alpha value is -2.05. The molecule has 1 saturated heterocycles. The van der Waals surface area contributed by atoms with Crippen LogP contribution in [-0.2, 0) is 21.4 Å². The van der Waals surface area contributed by atoms with Gasteiger partial charge < -0.3 is 19.6 Å². The fourth-order valence-corrected chi connectivity index (χ4v) is 6.29. The molecule has 5 atom stereocenters. The number of hydrogen-bond donors (Lipinski definition) is 2. The Morgan fingerprint density at radius 3 is 2.89 bits per heavy atom. The first-order chi connectivity index (χ1) is 13.0. The van der Waals surface area contributed by atoms with Gasteiger partial charge in [-0.3, -0.25) is 9.69 Å². The summed E-state index contributed by atoms with van der Waals surface area (Å²) in [4.78, 5) is 19.2. The minimum absolute atomic E-state index is 0.0221. The zero-order valence-corrected chi connectivity index (χ0v) is 16.0. The van der Waals surface area contributed by atoms with E-state index >= 15 is 0 Å². The second kappa shape index (κ2) is 5.72. The summed E-state index contributed by atoms with van der Waals surface area (Å²) in [5, 5.41) is 11.6. The number of rotatable bonds is 3. The number of carbonyl (C=O) groups excluding carboxylic acids is 1. The van der Waals surface area contributed by atoms with Gasteiger partial charge >= 0.3 is 5.97 Å². The summed E-state index contributed by atoms with van der Waals surface area (Å²) in [6, 6.07) is 5.99. The van der Waals surface area contributed by atoms with Crippen molar-refractivity contribution in [1.82, 2.24) is 9.88 Å². The van der Waals surface area contributed by atoms with Crippen molar-refractivity contribution in [3.05, 3.63) is 29.5 Å². The average Bonchev–Trinajstić information content (AvgIpc) is 3.31. The Balaban J connectivity index is 1.77. The van der Waals surface area contributed by atoms with Crippen LogP contribution in [0.1, 0.15) is 24.6 Å². The minimum atomic E-state index is -0.739. The van der Waals surface area contributed by atoms with E-state index in [0.717, 1.165) is 48.3 Å². The molecular weight excluding hydrogens is 344 g/mol. The number of aliphatic hydroxyl groups excluding tert-OH is 1. The number of aromatic nitrogens is 1. The highest BCUT2D eigenvalue weighted by Crippen LogP contribution is 2.58. The van der Waals surface area contributed by atoms with E-state index < -0.39 is 11.5 Å². The molecule has 1 aromatic heterocycles. The van der Waals surface area contributed by atoms with Crippen molar-refractivity contribution >= 4 is 16.9 Å². The number of hydrogen-bond acceptors (Lipinski definition) is 5. The number of ether oxygens (including phenoxy) is 2. The monoisotopic (exact) mass is 370 g/mol. The Labute approximate surface area is 158 Å². The number of methoxy groups -OCH3 is 2. The Bertz CT molecular complexity index is 920. The zero-order chi connectivity index (χ0) is 18.9. The van der Waals surface area contributed by atoms with Crippen molar-refractivity contribution < 1.29 is 19.4 Å². The normalized spacial score (nSPS) is 33.0. The van der Waals surface area contributed by atoms with Crippen LogP contribution in [0.25, 0.3) is 10.9 Å². The van der Waals surface area contributed by atoms with Crippen LogP contribution in [-0.4, -0.2) is 60.4 Å². The quantitative estimate of drug-likeness (QED) is 0.807. The molecule has 1 aliphatic carbocycles. The fourth-order valence-electron chi connectivity index (χ4n) is 6.29. The predicted molar refractivity (Wildman–Crippen MR) is 101 cm³/mol. The van der Waals surface area contributed by atoms with E-state index in [9.17, 15) is 9.90 Å². The highest BCUT2D eigenvalue weighted by atomic mass is 16.5. The molecule has 2 N–H and O–H groups in total. The van der Waals surface area contributed by atoms with Gasteiger partial charge in [0, 0.05) is 41.6 Å². The van der Waals surface area contributed by atoms with Gasteiger partial charge in [0.15, 0.2) is 0 Å².